The van der Waals surface area contributed by atoms with E-state index in [1.54, 1.807) is 0 Å². The van der Waals surface area contributed by atoms with Gasteiger partial charge in [0, 0.05) is 12.6 Å². The Balaban J connectivity index is 2.29. The average molecular weight is 169 g/mol. The standard InChI is InChI=1S/C11H23N/c1-4-6-10-8-11(7-5-2)12(3)9-10/h10-11H,4-9H2,1-3H3. The minimum Gasteiger partial charge on any atom is -0.303 e. The van der Waals surface area contributed by atoms with E-state index in [-0.39, 0.29) is 0 Å². The van der Waals surface area contributed by atoms with Crippen LogP contribution in [0.1, 0.15) is 46.0 Å². The second-order valence-corrected chi connectivity index (χ2v) is 4.27. The first kappa shape index (κ1) is 10.0. The summed E-state index contributed by atoms with van der Waals surface area (Å²) < 4.78 is 0. The van der Waals surface area contributed by atoms with Gasteiger partial charge in [-0.15, -0.1) is 0 Å². The van der Waals surface area contributed by atoms with Crippen molar-refractivity contribution >= 4 is 0 Å². The monoisotopic (exact) mass is 169 g/mol. The fourth-order valence-corrected chi connectivity index (χ4v) is 2.48. The first-order valence-corrected chi connectivity index (χ1v) is 5.48. The normalized spacial score (nSPS) is 31.2. The van der Waals surface area contributed by atoms with Crippen molar-refractivity contribution in [3.8, 4) is 0 Å². The van der Waals surface area contributed by atoms with Crippen LogP contribution in [0.3, 0.4) is 0 Å². The Hall–Kier alpha value is -0.0400. The molecule has 72 valence electrons. The third-order valence-electron chi connectivity index (χ3n) is 3.09. The number of nitrogens with zero attached hydrogens (tertiary/aromatic N) is 1. The Morgan fingerprint density at radius 2 is 1.83 bits per heavy atom. The van der Waals surface area contributed by atoms with Crippen molar-refractivity contribution in [1.82, 2.24) is 4.90 Å². The van der Waals surface area contributed by atoms with Crippen molar-refractivity contribution in [1.29, 1.82) is 0 Å². The predicted molar refractivity (Wildman–Crippen MR) is 54.3 cm³/mol. The number of hydrogen-bond donors (Lipinski definition) is 0. The van der Waals surface area contributed by atoms with Crippen molar-refractivity contribution in [3.63, 3.8) is 0 Å². The van der Waals surface area contributed by atoms with Gasteiger partial charge in [-0.3, -0.25) is 0 Å². The van der Waals surface area contributed by atoms with E-state index in [9.17, 15) is 0 Å². The summed E-state index contributed by atoms with van der Waals surface area (Å²) >= 11 is 0. The molecule has 2 unspecified atom stereocenters. The minimum absolute atomic E-state index is 0.895. The van der Waals surface area contributed by atoms with Gasteiger partial charge in [0.1, 0.15) is 0 Å². The number of hydrogen-bond acceptors (Lipinski definition) is 1. The first-order chi connectivity index (χ1) is 5.77. The van der Waals surface area contributed by atoms with Crippen LogP contribution < -0.4 is 0 Å². The maximum atomic E-state index is 2.56. The Kier molecular flexibility index (Phi) is 4.07. The van der Waals surface area contributed by atoms with Crippen LogP contribution >= 0.6 is 0 Å². The molecule has 2 atom stereocenters. The molecular weight excluding hydrogens is 146 g/mol. The molecule has 0 amide bonds. The van der Waals surface area contributed by atoms with Crippen molar-refractivity contribution in [2.24, 2.45) is 5.92 Å². The molecule has 0 spiro atoms. The van der Waals surface area contributed by atoms with E-state index < -0.39 is 0 Å². The summed E-state index contributed by atoms with van der Waals surface area (Å²) in [5.41, 5.74) is 0. The highest BCUT2D eigenvalue weighted by atomic mass is 15.1. The lowest BCUT2D eigenvalue weighted by Gasteiger charge is -2.17. The molecule has 1 rings (SSSR count). The van der Waals surface area contributed by atoms with E-state index in [2.05, 4.69) is 25.8 Å². The van der Waals surface area contributed by atoms with Gasteiger partial charge >= 0.3 is 0 Å². The molecular formula is C11H23N. The highest BCUT2D eigenvalue weighted by Crippen LogP contribution is 2.27. The Bertz CT molecular complexity index is 122. The quantitative estimate of drug-likeness (QED) is 0.625. The molecule has 1 heteroatoms. The molecule has 0 aromatic rings. The van der Waals surface area contributed by atoms with Gasteiger partial charge in [0.15, 0.2) is 0 Å². The fourth-order valence-electron chi connectivity index (χ4n) is 2.48. The molecule has 1 nitrogen and oxygen atoms in total. The summed E-state index contributed by atoms with van der Waals surface area (Å²) in [6, 6.07) is 0.895. The summed E-state index contributed by atoms with van der Waals surface area (Å²) in [6.45, 7) is 5.94. The van der Waals surface area contributed by atoms with Gasteiger partial charge in [-0.25, -0.2) is 0 Å². The van der Waals surface area contributed by atoms with Gasteiger partial charge in [-0.05, 0) is 32.2 Å². The van der Waals surface area contributed by atoms with Gasteiger partial charge in [-0.1, -0.05) is 26.7 Å². The maximum Gasteiger partial charge on any atom is 0.00953 e. The van der Waals surface area contributed by atoms with E-state index in [0.29, 0.717) is 0 Å². The molecule has 0 saturated carbocycles. The van der Waals surface area contributed by atoms with E-state index in [1.807, 2.05) is 0 Å². The van der Waals surface area contributed by atoms with Crippen LogP contribution in [-0.2, 0) is 0 Å². The summed E-state index contributed by atoms with van der Waals surface area (Å²) in [6.07, 6.45) is 6.99. The summed E-state index contributed by atoms with van der Waals surface area (Å²) in [7, 11) is 2.29. The minimum atomic E-state index is 0.895. The number of rotatable bonds is 4. The molecule has 0 N–H and O–H groups in total. The topological polar surface area (TPSA) is 3.24 Å². The smallest absolute Gasteiger partial charge is 0.00953 e. The lowest BCUT2D eigenvalue weighted by molar-refractivity contribution is 0.292. The molecule has 1 heterocycles. The molecule has 1 aliphatic heterocycles. The second kappa shape index (κ2) is 4.86. The number of likely N-dealkylation sites (tertiary alicyclic amines) is 1. The second-order valence-electron chi connectivity index (χ2n) is 4.27. The van der Waals surface area contributed by atoms with E-state index in [1.165, 1.54) is 38.6 Å². The van der Waals surface area contributed by atoms with Crippen molar-refractivity contribution in [3.05, 3.63) is 0 Å². The average Bonchev–Trinajstić information content (AvgIpc) is 2.34. The van der Waals surface area contributed by atoms with Crippen LogP contribution in [0, 0.1) is 5.92 Å². The van der Waals surface area contributed by atoms with Gasteiger partial charge in [0.05, 0.1) is 0 Å². The van der Waals surface area contributed by atoms with Crippen LogP contribution in [-0.4, -0.2) is 24.5 Å². The Morgan fingerprint density at radius 3 is 2.42 bits per heavy atom. The van der Waals surface area contributed by atoms with Crippen molar-refractivity contribution in [2.75, 3.05) is 13.6 Å². The van der Waals surface area contributed by atoms with Gasteiger partial charge in [0.25, 0.3) is 0 Å². The summed E-state index contributed by atoms with van der Waals surface area (Å²) in [5.74, 6) is 0.997. The largest absolute Gasteiger partial charge is 0.303 e. The molecule has 0 aromatic heterocycles. The lowest BCUT2D eigenvalue weighted by atomic mass is 9.99. The predicted octanol–water partition coefficient (Wildman–Crippen LogP) is 2.91. The zero-order valence-corrected chi connectivity index (χ0v) is 8.84. The SMILES string of the molecule is CCCC1CC(CCC)N(C)C1. The highest BCUT2D eigenvalue weighted by molar-refractivity contribution is 4.82. The van der Waals surface area contributed by atoms with Crippen LogP contribution in [0.5, 0.6) is 0 Å². The van der Waals surface area contributed by atoms with E-state index >= 15 is 0 Å². The third-order valence-corrected chi connectivity index (χ3v) is 3.09. The third kappa shape index (κ3) is 2.48. The first-order valence-electron chi connectivity index (χ1n) is 5.48. The van der Waals surface area contributed by atoms with E-state index in [0.717, 1.165) is 12.0 Å². The summed E-state index contributed by atoms with van der Waals surface area (Å²) in [5, 5.41) is 0. The molecule has 0 radical (unpaired) electrons. The van der Waals surface area contributed by atoms with Crippen LogP contribution in [0.15, 0.2) is 0 Å². The van der Waals surface area contributed by atoms with Crippen LogP contribution in [0.4, 0.5) is 0 Å². The Morgan fingerprint density at radius 1 is 1.17 bits per heavy atom. The lowest BCUT2D eigenvalue weighted by Crippen LogP contribution is -2.24. The Labute approximate surface area is 77.1 Å². The molecule has 0 aromatic carbocycles. The molecule has 12 heavy (non-hydrogen) atoms. The van der Waals surface area contributed by atoms with Crippen molar-refractivity contribution < 1.29 is 0 Å². The molecule has 1 fully saturated rings. The molecule has 0 bridgehead atoms. The van der Waals surface area contributed by atoms with Crippen LogP contribution in [0.25, 0.3) is 0 Å². The maximum absolute atomic E-state index is 2.56. The molecule has 1 saturated heterocycles. The van der Waals surface area contributed by atoms with Crippen LogP contribution in [0.2, 0.25) is 0 Å². The zero-order chi connectivity index (χ0) is 8.97. The molecule has 1 aliphatic rings. The zero-order valence-electron chi connectivity index (χ0n) is 8.84. The summed E-state index contributed by atoms with van der Waals surface area (Å²) in [4.78, 5) is 2.56. The van der Waals surface area contributed by atoms with Gasteiger partial charge in [0.2, 0.25) is 0 Å². The molecule has 0 aliphatic carbocycles. The fraction of sp³-hybridized carbons (Fsp3) is 1.00. The van der Waals surface area contributed by atoms with E-state index in [4.69, 9.17) is 0 Å². The van der Waals surface area contributed by atoms with Gasteiger partial charge < -0.3 is 4.90 Å². The highest BCUT2D eigenvalue weighted by Gasteiger charge is 2.27. The van der Waals surface area contributed by atoms with Gasteiger partial charge in [-0.2, -0.15) is 0 Å². The van der Waals surface area contributed by atoms with Crippen molar-refractivity contribution in [2.45, 2.75) is 52.0 Å².